The molecule has 3 aliphatic heterocycles. The monoisotopic (exact) mass is 473 g/mol. The predicted molar refractivity (Wildman–Crippen MR) is 131 cm³/mol. The molecule has 2 unspecified atom stereocenters. The maximum atomic E-state index is 13.5. The Morgan fingerprint density at radius 3 is 2.49 bits per heavy atom. The summed E-state index contributed by atoms with van der Waals surface area (Å²) in [6, 6.07) is 14.7. The molecule has 0 spiro atoms. The second kappa shape index (κ2) is 8.57. The molecule has 2 atom stereocenters. The number of aliphatic imine (C=N–C) groups is 1. The molecule has 180 valence electrons. The Balaban J connectivity index is 1.57. The minimum absolute atomic E-state index is 0.171. The van der Waals surface area contributed by atoms with Gasteiger partial charge >= 0.3 is 12.0 Å². The first kappa shape index (κ1) is 22.6. The van der Waals surface area contributed by atoms with Gasteiger partial charge in [-0.3, -0.25) is 24.3 Å². The molecule has 35 heavy (non-hydrogen) atoms. The molecule has 3 amide bonds. The first-order valence-electron chi connectivity index (χ1n) is 11.6. The summed E-state index contributed by atoms with van der Waals surface area (Å²) in [7, 11) is 1.60. The quantitative estimate of drug-likeness (QED) is 0.621. The highest BCUT2D eigenvalue weighted by Crippen LogP contribution is 2.40. The van der Waals surface area contributed by atoms with Crippen LogP contribution in [-0.4, -0.2) is 71.0 Å². The van der Waals surface area contributed by atoms with Crippen LogP contribution in [0.2, 0.25) is 0 Å². The van der Waals surface area contributed by atoms with E-state index in [-0.39, 0.29) is 6.61 Å². The SMILES string of the molecule is CCOC(=O)CN1C(=O)C2C(N=C3N(c4ccc(C)c(C)c4)C(c4ccccc4)=CN32)N(C)C1=O. The number of rotatable bonds is 5. The third-order valence-electron chi connectivity index (χ3n) is 6.62. The standard InChI is InChI=1S/C26H27N5O4/c1-5-35-21(32)15-30-24(33)22-23(28(4)26(30)34)27-25-29(22)14-20(18-9-7-6-8-10-18)31(25)19-12-11-16(2)17(3)13-19/h6-14,22-23H,5,15H2,1-4H3. The van der Waals surface area contributed by atoms with Gasteiger partial charge in [0.1, 0.15) is 6.54 Å². The molecular formula is C26H27N5O4. The normalized spacial score (nSPS) is 21.1. The molecule has 3 aliphatic rings. The lowest BCUT2D eigenvalue weighted by molar-refractivity contribution is -0.150. The molecular weight excluding hydrogens is 446 g/mol. The van der Waals surface area contributed by atoms with Gasteiger partial charge in [-0.05, 0) is 44.0 Å². The van der Waals surface area contributed by atoms with Crippen molar-refractivity contribution in [3.63, 3.8) is 0 Å². The molecule has 2 aromatic carbocycles. The summed E-state index contributed by atoms with van der Waals surface area (Å²) in [4.78, 5) is 49.6. The average molecular weight is 474 g/mol. The fraction of sp³-hybridized carbons (Fsp3) is 0.308. The lowest BCUT2D eigenvalue weighted by Crippen LogP contribution is -2.65. The largest absolute Gasteiger partial charge is 0.465 e. The molecule has 0 aliphatic carbocycles. The zero-order chi connectivity index (χ0) is 24.9. The number of amides is 3. The smallest absolute Gasteiger partial charge is 0.328 e. The third-order valence-corrected chi connectivity index (χ3v) is 6.62. The van der Waals surface area contributed by atoms with Crippen molar-refractivity contribution in [2.75, 3.05) is 25.1 Å². The Morgan fingerprint density at radius 2 is 1.80 bits per heavy atom. The van der Waals surface area contributed by atoms with Gasteiger partial charge in [-0.15, -0.1) is 0 Å². The second-order valence-electron chi connectivity index (χ2n) is 8.80. The van der Waals surface area contributed by atoms with Crippen molar-refractivity contribution < 1.29 is 19.1 Å². The van der Waals surface area contributed by atoms with Crippen LogP contribution < -0.4 is 4.90 Å². The van der Waals surface area contributed by atoms with Crippen molar-refractivity contribution in [1.29, 1.82) is 0 Å². The van der Waals surface area contributed by atoms with E-state index in [1.807, 2.05) is 52.4 Å². The van der Waals surface area contributed by atoms with Crippen LogP contribution in [0.1, 0.15) is 23.6 Å². The Labute approximate surface area is 203 Å². The number of anilines is 1. The van der Waals surface area contributed by atoms with E-state index in [0.29, 0.717) is 5.96 Å². The number of nitrogens with zero attached hydrogens (tertiary/aromatic N) is 5. The molecule has 1 saturated heterocycles. The van der Waals surface area contributed by atoms with E-state index in [0.717, 1.165) is 27.4 Å². The average Bonchev–Trinajstić information content (AvgIpc) is 3.39. The lowest BCUT2D eigenvalue weighted by atomic mass is 10.1. The van der Waals surface area contributed by atoms with Crippen molar-refractivity contribution in [2.24, 2.45) is 4.99 Å². The maximum absolute atomic E-state index is 13.5. The number of ether oxygens (including phenoxy) is 1. The number of carbonyl (C=O) groups is 3. The molecule has 0 N–H and O–H groups in total. The summed E-state index contributed by atoms with van der Waals surface area (Å²) in [6.45, 7) is 5.53. The minimum atomic E-state index is -0.780. The molecule has 1 fully saturated rings. The number of aryl methyl sites for hydroxylation is 2. The highest BCUT2D eigenvalue weighted by molar-refractivity contribution is 6.16. The number of esters is 1. The molecule has 9 heteroatoms. The van der Waals surface area contributed by atoms with Crippen molar-refractivity contribution in [3.8, 4) is 0 Å². The van der Waals surface area contributed by atoms with Crippen molar-refractivity contribution in [2.45, 2.75) is 33.0 Å². The van der Waals surface area contributed by atoms with Crippen LogP contribution in [0, 0.1) is 13.8 Å². The molecule has 0 bridgehead atoms. The van der Waals surface area contributed by atoms with E-state index in [1.54, 1.807) is 14.0 Å². The molecule has 5 rings (SSSR count). The number of guanidine groups is 1. The van der Waals surface area contributed by atoms with E-state index in [9.17, 15) is 14.4 Å². The maximum Gasteiger partial charge on any atom is 0.328 e. The number of urea groups is 1. The van der Waals surface area contributed by atoms with Gasteiger partial charge in [0.25, 0.3) is 5.91 Å². The van der Waals surface area contributed by atoms with Gasteiger partial charge in [-0.25, -0.2) is 9.79 Å². The zero-order valence-corrected chi connectivity index (χ0v) is 20.1. The molecule has 3 heterocycles. The summed E-state index contributed by atoms with van der Waals surface area (Å²) in [6.07, 6.45) is 1.20. The van der Waals surface area contributed by atoms with Crippen LogP contribution in [-0.2, 0) is 14.3 Å². The van der Waals surface area contributed by atoms with Gasteiger partial charge in [0.15, 0.2) is 12.2 Å². The van der Waals surface area contributed by atoms with Crippen LogP contribution in [0.4, 0.5) is 10.5 Å². The number of fused-ring (bicyclic) bond motifs is 3. The van der Waals surface area contributed by atoms with Crippen molar-refractivity contribution in [3.05, 3.63) is 71.4 Å². The van der Waals surface area contributed by atoms with Crippen LogP contribution in [0.5, 0.6) is 0 Å². The Bertz CT molecular complexity index is 1270. The van der Waals surface area contributed by atoms with Gasteiger partial charge in [-0.2, -0.15) is 0 Å². The van der Waals surface area contributed by atoms with Gasteiger partial charge in [0, 0.05) is 24.5 Å². The van der Waals surface area contributed by atoms with Crippen LogP contribution >= 0.6 is 0 Å². The summed E-state index contributed by atoms with van der Waals surface area (Å²) in [5.41, 5.74) is 5.05. The van der Waals surface area contributed by atoms with Crippen LogP contribution in [0.3, 0.4) is 0 Å². The number of benzene rings is 2. The Hall–Kier alpha value is -4.14. The van der Waals surface area contributed by atoms with Gasteiger partial charge in [0.2, 0.25) is 5.96 Å². The summed E-state index contributed by atoms with van der Waals surface area (Å²) < 4.78 is 4.98. The fourth-order valence-electron chi connectivity index (χ4n) is 4.65. The molecule has 2 aromatic rings. The highest BCUT2D eigenvalue weighted by Gasteiger charge is 2.55. The summed E-state index contributed by atoms with van der Waals surface area (Å²) in [5, 5.41) is 0. The van der Waals surface area contributed by atoms with Gasteiger partial charge < -0.3 is 9.64 Å². The second-order valence-corrected chi connectivity index (χ2v) is 8.80. The number of imide groups is 1. The summed E-state index contributed by atoms with van der Waals surface area (Å²) >= 11 is 0. The first-order valence-corrected chi connectivity index (χ1v) is 11.6. The first-order chi connectivity index (χ1) is 16.8. The van der Waals surface area contributed by atoms with Gasteiger partial charge in [0.05, 0.1) is 12.3 Å². The number of hydrogen-bond acceptors (Lipinski definition) is 7. The van der Waals surface area contributed by atoms with E-state index in [1.165, 1.54) is 10.5 Å². The van der Waals surface area contributed by atoms with E-state index < -0.39 is 36.7 Å². The molecule has 0 radical (unpaired) electrons. The lowest BCUT2D eigenvalue weighted by Gasteiger charge is -2.39. The van der Waals surface area contributed by atoms with Crippen LogP contribution in [0.25, 0.3) is 5.70 Å². The van der Waals surface area contributed by atoms with Crippen molar-refractivity contribution in [1.82, 2.24) is 14.7 Å². The third kappa shape index (κ3) is 3.63. The topological polar surface area (TPSA) is 85.8 Å². The van der Waals surface area contributed by atoms with Gasteiger partial charge in [-0.1, -0.05) is 36.4 Å². The van der Waals surface area contributed by atoms with E-state index in [2.05, 4.69) is 26.0 Å². The zero-order valence-electron chi connectivity index (χ0n) is 20.1. The highest BCUT2D eigenvalue weighted by atomic mass is 16.5. The molecule has 0 saturated carbocycles. The number of hydrogen-bond donors (Lipinski definition) is 0. The fourth-order valence-corrected chi connectivity index (χ4v) is 4.65. The van der Waals surface area contributed by atoms with Crippen LogP contribution in [0.15, 0.2) is 59.7 Å². The molecule has 0 aromatic heterocycles. The van der Waals surface area contributed by atoms with E-state index in [4.69, 9.17) is 9.73 Å². The Morgan fingerprint density at radius 1 is 1.06 bits per heavy atom. The number of likely N-dealkylation sites (N-methyl/N-ethyl adjacent to an activating group) is 1. The molecule has 9 nitrogen and oxygen atoms in total. The summed E-state index contributed by atoms with van der Waals surface area (Å²) in [5.74, 6) is -0.539. The predicted octanol–water partition coefficient (Wildman–Crippen LogP) is 2.95. The minimum Gasteiger partial charge on any atom is -0.465 e. The van der Waals surface area contributed by atoms with E-state index >= 15 is 0 Å². The van der Waals surface area contributed by atoms with Crippen molar-refractivity contribution >= 4 is 35.3 Å². The number of carbonyl (C=O) groups excluding carboxylic acids is 3. The Kier molecular flexibility index (Phi) is 5.55.